The van der Waals surface area contributed by atoms with Gasteiger partial charge in [-0.15, -0.1) is 0 Å². The molecule has 0 fully saturated rings. The molecule has 0 unspecified atom stereocenters. The van der Waals surface area contributed by atoms with Gasteiger partial charge in [-0.05, 0) is 36.6 Å². The first kappa shape index (κ1) is 19.4. The number of anilines is 2. The highest BCUT2D eigenvalue weighted by Gasteiger charge is 2.15. The van der Waals surface area contributed by atoms with E-state index >= 15 is 0 Å². The maximum atomic E-state index is 11.6. The minimum Gasteiger partial charge on any atom is -0.478 e. The monoisotopic (exact) mass is 420 g/mol. The Morgan fingerprint density at radius 3 is 2.26 bits per heavy atom. The smallest absolute Gasteiger partial charge is 0.335 e. The lowest BCUT2D eigenvalue weighted by Gasteiger charge is -2.19. The summed E-state index contributed by atoms with van der Waals surface area (Å²) in [4.78, 5) is 26.3. The number of carboxylic acid groups (broad SMARTS) is 1. The van der Waals surface area contributed by atoms with Gasteiger partial charge in [-0.2, -0.15) is 0 Å². The highest BCUT2D eigenvalue weighted by atomic mass is 35.5. The van der Waals surface area contributed by atoms with Gasteiger partial charge in [-0.3, -0.25) is 0 Å². The van der Waals surface area contributed by atoms with Gasteiger partial charge >= 0.3 is 5.97 Å². The third kappa shape index (κ3) is 4.50. The van der Waals surface area contributed by atoms with Gasteiger partial charge in [0.15, 0.2) is 5.16 Å². The van der Waals surface area contributed by atoms with Gasteiger partial charge in [-0.25, -0.2) is 19.7 Å². The Hall–Kier alpha value is -2.35. The standard InChI is InChI=1S/C18H14Cl2N4O2S/c1-24(14-8-21-18(27-2)22-9-14)16-6-11(17(25)26)5-15(23-16)10-3-12(19)7-13(20)4-10/h3-9H,1-2H3,(H,25,26). The molecule has 2 heterocycles. The molecule has 9 heteroatoms. The third-order valence-corrected chi connectivity index (χ3v) is 4.76. The summed E-state index contributed by atoms with van der Waals surface area (Å²) in [5, 5.41) is 11.0. The molecule has 0 aliphatic rings. The van der Waals surface area contributed by atoms with E-state index in [9.17, 15) is 9.90 Å². The number of halogens is 2. The van der Waals surface area contributed by atoms with Crippen molar-refractivity contribution >= 4 is 52.4 Å². The van der Waals surface area contributed by atoms with E-state index in [1.807, 2.05) is 6.26 Å². The molecule has 0 amide bonds. The molecule has 0 aliphatic carbocycles. The molecule has 0 aliphatic heterocycles. The molecule has 0 bridgehead atoms. The van der Waals surface area contributed by atoms with E-state index in [1.165, 1.54) is 23.9 Å². The van der Waals surface area contributed by atoms with Crippen LogP contribution < -0.4 is 4.90 Å². The molecular formula is C18H14Cl2N4O2S. The Kier molecular flexibility index (Phi) is 5.84. The second kappa shape index (κ2) is 8.12. The highest BCUT2D eigenvalue weighted by Crippen LogP contribution is 2.30. The number of hydrogen-bond acceptors (Lipinski definition) is 6. The van der Waals surface area contributed by atoms with Gasteiger partial charge in [0.05, 0.1) is 29.3 Å². The van der Waals surface area contributed by atoms with E-state index < -0.39 is 5.97 Å². The molecular weight excluding hydrogens is 407 g/mol. The summed E-state index contributed by atoms with van der Waals surface area (Å²) < 4.78 is 0. The summed E-state index contributed by atoms with van der Waals surface area (Å²) in [7, 11) is 1.76. The number of aromatic carboxylic acids is 1. The number of thioether (sulfide) groups is 1. The van der Waals surface area contributed by atoms with E-state index in [-0.39, 0.29) is 5.56 Å². The molecule has 0 saturated carbocycles. The van der Waals surface area contributed by atoms with E-state index in [4.69, 9.17) is 23.2 Å². The number of nitrogens with zero attached hydrogens (tertiary/aromatic N) is 4. The van der Waals surface area contributed by atoms with Crippen LogP contribution >= 0.6 is 35.0 Å². The maximum absolute atomic E-state index is 11.6. The molecule has 0 atom stereocenters. The van der Waals surface area contributed by atoms with Gasteiger partial charge in [0, 0.05) is 22.7 Å². The number of benzene rings is 1. The van der Waals surface area contributed by atoms with Crippen molar-refractivity contribution < 1.29 is 9.90 Å². The average Bonchev–Trinajstić information content (AvgIpc) is 2.66. The van der Waals surface area contributed by atoms with Crippen LogP contribution in [0.5, 0.6) is 0 Å². The van der Waals surface area contributed by atoms with E-state index in [1.54, 1.807) is 42.5 Å². The van der Waals surface area contributed by atoms with Crippen LogP contribution in [0.25, 0.3) is 11.3 Å². The first-order chi connectivity index (χ1) is 12.9. The molecule has 2 aromatic heterocycles. The van der Waals surface area contributed by atoms with Crippen molar-refractivity contribution in [3.05, 3.63) is 58.3 Å². The summed E-state index contributed by atoms with van der Waals surface area (Å²) in [6.45, 7) is 0. The van der Waals surface area contributed by atoms with Crippen LogP contribution in [0.2, 0.25) is 10.0 Å². The Morgan fingerprint density at radius 2 is 1.70 bits per heavy atom. The van der Waals surface area contributed by atoms with Crippen molar-refractivity contribution in [2.24, 2.45) is 0 Å². The lowest BCUT2D eigenvalue weighted by Crippen LogP contribution is -2.13. The normalized spacial score (nSPS) is 10.7. The number of rotatable bonds is 5. The number of carbonyl (C=O) groups is 1. The number of aromatic nitrogens is 3. The van der Waals surface area contributed by atoms with Crippen LogP contribution in [0.15, 0.2) is 47.9 Å². The minimum atomic E-state index is -1.06. The van der Waals surface area contributed by atoms with Crippen LogP contribution in [0.4, 0.5) is 11.5 Å². The molecule has 3 rings (SSSR count). The first-order valence-corrected chi connectivity index (χ1v) is 9.67. The zero-order chi connectivity index (χ0) is 19.6. The fraction of sp³-hybridized carbons (Fsp3) is 0.111. The van der Waals surface area contributed by atoms with Gasteiger partial charge in [0.25, 0.3) is 0 Å². The van der Waals surface area contributed by atoms with Crippen molar-refractivity contribution in [3.63, 3.8) is 0 Å². The second-order valence-electron chi connectivity index (χ2n) is 5.55. The zero-order valence-corrected chi connectivity index (χ0v) is 16.7. The van der Waals surface area contributed by atoms with E-state index in [0.717, 1.165) is 0 Å². The molecule has 138 valence electrons. The van der Waals surface area contributed by atoms with Crippen LogP contribution in [-0.4, -0.2) is 39.3 Å². The minimum absolute atomic E-state index is 0.0969. The van der Waals surface area contributed by atoms with Crippen molar-refractivity contribution in [1.29, 1.82) is 0 Å². The summed E-state index contributed by atoms with van der Waals surface area (Å²) in [6, 6.07) is 7.93. The lowest BCUT2D eigenvalue weighted by molar-refractivity contribution is 0.0697. The molecule has 0 saturated heterocycles. The maximum Gasteiger partial charge on any atom is 0.335 e. The lowest BCUT2D eigenvalue weighted by atomic mass is 10.1. The molecule has 3 aromatic rings. The number of carboxylic acids is 1. The molecule has 1 aromatic carbocycles. The van der Waals surface area contributed by atoms with Crippen LogP contribution in [0.1, 0.15) is 10.4 Å². The number of pyridine rings is 1. The number of hydrogen-bond donors (Lipinski definition) is 1. The Morgan fingerprint density at radius 1 is 1.07 bits per heavy atom. The van der Waals surface area contributed by atoms with Gasteiger partial charge < -0.3 is 10.0 Å². The summed E-state index contributed by atoms with van der Waals surface area (Å²) >= 11 is 13.6. The molecule has 27 heavy (non-hydrogen) atoms. The topological polar surface area (TPSA) is 79.2 Å². The fourth-order valence-corrected chi connectivity index (χ4v) is 3.22. The molecule has 6 nitrogen and oxygen atoms in total. The van der Waals surface area contributed by atoms with E-state index in [2.05, 4.69) is 15.0 Å². The summed E-state index contributed by atoms with van der Waals surface area (Å²) in [6.07, 6.45) is 5.20. The molecule has 0 radical (unpaired) electrons. The highest BCUT2D eigenvalue weighted by molar-refractivity contribution is 7.98. The SMILES string of the molecule is CSc1ncc(N(C)c2cc(C(=O)O)cc(-c3cc(Cl)cc(Cl)c3)n2)cn1. The third-order valence-electron chi connectivity index (χ3n) is 3.75. The van der Waals surface area contributed by atoms with Gasteiger partial charge in [0.2, 0.25) is 0 Å². The Bertz CT molecular complexity index is 979. The zero-order valence-electron chi connectivity index (χ0n) is 14.3. The quantitative estimate of drug-likeness (QED) is 0.457. The van der Waals surface area contributed by atoms with Gasteiger partial charge in [0.1, 0.15) is 5.82 Å². The summed E-state index contributed by atoms with van der Waals surface area (Å²) in [5.74, 6) is -0.628. The first-order valence-electron chi connectivity index (χ1n) is 7.69. The van der Waals surface area contributed by atoms with E-state index in [0.29, 0.717) is 38.0 Å². The van der Waals surface area contributed by atoms with Crippen LogP contribution in [0.3, 0.4) is 0 Å². The average molecular weight is 421 g/mol. The predicted octanol–water partition coefficient (Wildman–Crippen LogP) is 5.03. The molecule has 1 N–H and O–H groups in total. The second-order valence-corrected chi connectivity index (χ2v) is 7.20. The predicted molar refractivity (Wildman–Crippen MR) is 109 cm³/mol. The Balaban J connectivity index is 2.09. The van der Waals surface area contributed by atoms with Crippen molar-refractivity contribution in [2.75, 3.05) is 18.2 Å². The van der Waals surface area contributed by atoms with Crippen molar-refractivity contribution in [2.45, 2.75) is 5.16 Å². The fourth-order valence-electron chi connectivity index (χ4n) is 2.38. The van der Waals surface area contributed by atoms with Crippen molar-refractivity contribution in [3.8, 4) is 11.3 Å². The summed E-state index contributed by atoms with van der Waals surface area (Å²) in [5.41, 5.74) is 1.85. The van der Waals surface area contributed by atoms with Crippen LogP contribution in [0, 0.1) is 0 Å². The molecule has 0 spiro atoms. The van der Waals surface area contributed by atoms with Gasteiger partial charge in [-0.1, -0.05) is 35.0 Å². The Labute approximate surface area is 170 Å². The van der Waals surface area contributed by atoms with Crippen LogP contribution in [-0.2, 0) is 0 Å². The van der Waals surface area contributed by atoms with Crippen molar-refractivity contribution in [1.82, 2.24) is 15.0 Å². The largest absolute Gasteiger partial charge is 0.478 e.